The first-order valence-corrected chi connectivity index (χ1v) is 8.95. The molecular weight excluding hydrogens is 316 g/mol. The van der Waals surface area contributed by atoms with Crippen molar-refractivity contribution in [2.45, 2.75) is 40.7 Å². The molecule has 0 aliphatic heterocycles. The van der Waals surface area contributed by atoms with Crippen molar-refractivity contribution in [3.8, 4) is 5.75 Å². The molecule has 1 aromatic rings. The summed E-state index contributed by atoms with van der Waals surface area (Å²) in [7, 11) is 0. The highest BCUT2D eigenvalue weighted by Crippen LogP contribution is 2.14. The molecule has 3 N–H and O–H groups in total. The third kappa shape index (κ3) is 8.98. The Morgan fingerprint density at radius 3 is 2.52 bits per heavy atom. The zero-order chi connectivity index (χ0) is 18.7. The first-order chi connectivity index (χ1) is 11.9. The van der Waals surface area contributed by atoms with Gasteiger partial charge in [0.15, 0.2) is 5.96 Å². The number of carbonyl (C=O) groups is 1. The molecule has 0 aromatic heterocycles. The predicted molar refractivity (Wildman–Crippen MR) is 103 cm³/mol. The van der Waals surface area contributed by atoms with Crippen molar-refractivity contribution in [1.29, 1.82) is 0 Å². The van der Waals surface area contributed by atoms with E-state index in [0.29, 0.717) is 19.6 Å². The minimum absolute atomic E-state index is 0.00141. The second-order valence-electron chi connectivity index (χ2n) is 6.34. The van der Waals surface area contributed by atoms with Gasteiger partial charge >= 0.3 is 0 Å². The number of nitrogens with one attached hydrogen (secondary N) is 3. The highest BCUT2D eigenvalue weighted by molar-refractivity contribution is 5.80. The Kier molecular flexibility index (Phi) is 9.43. The zero-order valence-electron chi connectivity index (χ0n) is 16.1. The number of nitrogens with zero attached hydrogens (tertiary/aromatic N) is 1. The Hall–Kier alpha value is -2.24. The van der Waals surface area contributed by atoms with Gasteiger partial charge in [0.2, 0.25) is 5.91 Å². The number of hydrogen-bond acceptors (Lipinski definition) is 3. The average Bonchev–Trinajstić information content (AvgIpc) is 2.56. The lowest BCUT2D eigenvalue weighted by atomic mass is 10.2. The Morgan fingerprint density at radius 2 is 1.88 bits per heavy atom. The standard InChI is InChI=1S/C19H32N4O2/c1-6-20-19(22-11-10-21-18(24)14(2)3)23-13-16(5)25-17-9-7-8-15(4)12-17/h7-9,12,14,16H,6,10-11,13H2,1-5H3,(H,21,24)(H2,20,22,23). The summed E-state index contributed by atoms with van der Waals surface area (Å²) in [5.41, 5.74) is 1.17. The molecule has 25 heavy (non-hydrogen) atoms. The SMILES string of the molecule is CCNC(=NCC(C)Oc1cccc(C)c1)NCCNC(=O)C(C)C. The van der Waals surface area contributed by atoms with Crippen LogP contribution in [-0.2, 0) is 4.79 Å². The van der Waals surface area contributed by atoms with E-state index in [-0.39, 0.29) is 17.9 Å². The van der Waals surface area contributed by atoms with Crippen LogP contribution >= 0.6 is 0 Å². The van der Waals surface area contributed by atoms with Crippen molar-refractivity contribution in [2.24, 2.45) is 10.9 Å². The first kappa shape index (κ1) is 20.8. The molecule has 6 nitrogen and oxygen atoms in total. The van der Waals surface area contributed by atoms with E-state index in [9.17, 15) is 4.79 Å². The summed E-state index contributed by atoms with van der Waals surface area (Å²) in [6.07, 6.45) is -0.0297. The molecule has 1 unspecified atom stereocenters. The third-order valence-corrected chi connectivity index (χ3v) is 3.42. The Labute approximate surface area is 151 Å². The predicted octanol–water partition coefficient (Wildman–Crippen LogP) is 2.09. The fraction of sp³-hybridized carbons (Fsp3) is 0.579. The van der Waals surface area contributed by atoms with Gasteiger partial charge in [0.1, 0.15) is 11.9 Å². The van der Waals surface area contributed by atoms with Crippen LogP contribution in [0.15, 0.2) is 29.3 Å². The quantitative estimate of drug-likeness (QED) is 0.363. The van der Waals surface area contributed by atoms with E-state index in [1.54, 1.807) is 0 Å². The molecule has 0 spiro atoms. The molecule has 0 aliphatic carbocycles. The van der Waals surface area contributed by atoms with Gasteiger partial charge in [0, 0.05) is 25.6 Å². The average molecular weight is 348 g/mol. The maximum absolute atomic E-state index is 11.5. The van der Waals surface area contributed by atoms with Crippen LogP contribution in [-0.4, -0.2) is 44.1 Å². The molecule has 0 aliphatic rings. The van der Waals surface area contributed by atoms with Crippen LogP contribution in [0.2, 0.25) is 0 Å². The number of aryl methyl sites for hydroxylation is 1. The number of amides is 1. The molecule has 0 fully saturated rings. The molecule has 6 heteroatoms. The number of rotatable bonds is 9. The molecule has 0 saturated carbocycles. The second kappa shape index (κ2) is 11.3. The summed E-state index contributed by atoms with van der Waals surface area (Å²) >= 11 is 0. The van der Waals surface area contributed by atoms with Crippen LogP contribution in [0.5, 0.6) is 5.75 Å². The Balaban J connectivity index is 2.41. The van der Waals surface area contributed by atoms with Crippen LogP contribution in [0.4, 0.5) is 0 Å². The number of benzene rings is 1. The van der Waals surface area contributed by atoms with Crippen molar-refractivity contribution in [2.75, 3.05) is 26.2 Å². The normalized spacial score (nSPS) is 12.6. The maximum atomic E-state index is 11.5. The van der Waals surface area contributed by atoms with Gasteiger partial charge in [-0.1, -0.05) is 26.0 Å². The fourth-order valence-electron chi connectivity index (χ4n) is 2.09. The molecule has 1 aromatic carbocycles. The molecule has 1 rings (SSSR count). The van der Waals surface area contributed by atoms with Gasteiger partial charge in [-0.2, -0.15) is 0 Å². The van der Waals surface area contributed by atoms with Gasteiger partial charge in [-0.3, -0.25) is 4.79 Å². The summed E-state index contributed by atoms with van der Waals surface area (Å²) in [5.74, 6) is 1.64. The minimum Gasteiger partial charge on any atom is -0.489 e. The van der Waals surface area contributed by atoms with E-state index in [1.807, 2.05) is 58.9 Å². The maximum Gasteiger partial charge on any atom is 0.222 e. The Morgan fingerprint density at radius 1 is 1.16 bits per heavy atom. The molecular formula is C19H32N4O2. The van der Waals surface area contributed by atoms with E-state index >= 15 is 0 Å². The minimum atomic E-state index is -0.0297. The largest absolute Gasteiger partial charge is 0.489 e. The van der Waals surface area contributed by atoms with Crippen molar-refractivity contribution in [1.82, 2.24) is 16.0 Å². The van der Waals surface area contributed by atoms with Crippen LogP contribution in [0.25, 0.3) is 0 Å². The van der Waals surface area contributed by atoms with Gasteiger partial charge in [0.25, 0.3) is 0 Å². The van der Waals surface area contributed by atoms with Crippen LogP contribution in [0, 0.1) is 12.8 Å². The summed E-state index contributed by atoms with van der Waals surface area (Å²) < 4.78 is 5.89. The van der Waals surface area contributed by atoms with Gasteiger partial charge < -0.3 is 20.7 Å². The summed E-state index contributed by atoms with van der Waals surface area (Å²) in [6.45, 7) is 12.3. The van der Waals surface area contributed by atoms with Crippen LogP contribution < -0.4 is 20.7 Å². The van der Waals surface area contributed by atoms with Crippen LogP contribution in [0.1, 0.15) is 33.3 Å². The van der Waals surface area contributed by atoms with Gasteiger partial charge in [-0.05, 0) is 38.5 Å². The number of guanidine groups is 1. The first-order valence-electron chi connectivity index (χ1n) is 8.95. The van der Waals surface area contributed by atoms with Gasteiger partial charge in [-0.25, -0.2) is 4.99 Å². The monoisotopic (exact) mass is 348 g/mol. The van der Waals surface area contributed by atoms with Crippen molar-refractivity contribution < 1.29 is 9.53 Å². The van der Waals surface area contributed by atoms with E-state index in [1.165, 1.54) is 5.56 Å². The molecule has 0 saturated heterocycles. The zero-order valence-corrected chi connectivity index (χ0v) is 16.1. The molecule has 0 radical (unpaired) electrons. The number of ether oxygens (including phenoxy) is 1. The summed E-state index contributed by atoms with van der Waals surface area (Å²) in [5, 5.41) is 9.28. The highest BCUT2D eigenvalue weighted by Gasteiger charge is 2.06. The van der Waals surface area contributed by atoms with E-state index in [2.05, 4.69) is 20.9 Å². The third-order valence-electron chi connectivity index (χ3n) is 3.42. The molecule has 0 bridgehead atoms. The van der Waals surface area contributed by atoms with E-state index in [0.717, 1.165) is 18.3 Å². The molecule has 1 amide bonds. The summed E-state index contributed by atoms with van der Waals surface area (Å²) in [4.78, 5) is 16.1. The topological polar surface area (TPSA) is 74.8 Å². The smallest absolute Gasteiger partial charge is 0.222 e. The van der Waals surface area contributed by atoms with Crippen molar-refractivity contribution in [3.05, 3.63) is 29.8 Å². The number of aliphatic imine (C=N–C) groups is 1. The van der Waals surface area contributed by atoms with Gasteiger partial charge in [0.05, 0.1) is 6.54 Å². The lowest BCUT2D eigenvalue weighted by Crippen LogP contribution is -2.42. The molecule has 1 atom stereocenters. The van der Waals surface area contributed by atoms with Gasteiger partial charge in [-0.15, -0.1) is 0 Å². The lowest BCUT2D eigenvalue weighted by molar-refractivity contribution is -0.123. The highest BCUT2D eigenvalue weighted by atomic mass is 16.5. The van der Waals surface area contributed by atoms with E-state index < -0.39 is 0 Å². The molecule has 140 valence electrons. The molecule has 0 heterocycles. The number of carbonyl (C=O) groups excluding carboxylic acids is 1. The second-order valence-corrected chi connectivity index (χ2v) is 6.34. The fourth-order valence-corrected chi connectivity index (χ4v) is 2.09. The van der Waals surface area contributed by atoms with Crippen molar-refractivity contribution >= 4 is 11.9 Å². The van der Waals surface area contributed by atoms with E-state index in [4.69, 9.17) is 4.74 Å². The van der Waals surface area contributed by atoms with Crippen molar-refractivity contribution in [3.63, 3.8) is 0 Å². The summed E-state index contributed by atoms with van der Waals surface area (Å²) in [6, 6.07) is 7.99. The lowest BCUT2D eigenvalue weighted by Gasteiger charge is -2.16. The number of hydrogen-bond donors (Lipinski definition) is 3. The Bertz CT molecular complexity index is 558. The van der Waals surface area contributed by atoms with Crippen LogP contribution in [0.3, 0.4) is 0 Å².